The van der Waals surface area contributed by atoms with Crippen molar-refractivity contribution in [2.75, 3.05) is 31.1 Å². The summed E-state index contributed by atoms with van der Waals surface area (Å²) in [7, 11) is 1.63. The Balaban J connectivity index is 1.47. The summed E-state index contributed by atoms with van der Waals surface area (Å²) in [6, 6.07) is 17.0. The normalized spacial score (nSPS) is 14.2. The van der Waals surface area contributed by atoms with E-state index >= 15 is 0 Å². The van der Waals surface area contributed by atoms with Crippen LogP contribution in [0.3, 0.4) is 0 Å². The topological polar surface area (TPSA) is 76.3 Å². The van der Waals surface area contributed by atoms with Gasteiger partial charge in [0.15, 0.2) is 11.2 Å². The van der Waals surface area contributed by atoms with E-state index in [0.717, 1.165) is 5.69 Å². The third kappa shape index (κ3) is 3.52. The Morgan fingerprint density at radius 1 is 0.969 bits per heavy atom. The van der Waals surface area contributed by atoms with Gasteiger partial charge in [-0.2, -0.15) is 5.10 Å². The van der Waals surface area contributed by atoms with E-state index in [1.165, 1.54) is 15.6 Å². The van der Waals surface area contributed by atoms with E-state index < -0.39 is 0 Å². The highest BCUT2D eigenvalue weighted by Gasteiger charge is 2.28. The minimum atomic E-state index is -0.254. The predicted molar refractivity (Wildman–Crippen MR) is 124 cm³/mol. The van der Waals surface area contributed by atoms with Gasteiger partial charge in [-0.1, -0.05) is 35.9 Å². The fourth-order valence-electron chi connectivity index (χ4n) is 3.98. The largest absolute Gasteiger partial charge is 0.368 e. The molecule has 0 unspecified atom stereocenters. The van der Waals surface area contributed by atoms with Gasteiger partial charge >= 0.3 is 0 Å². The fraction of sp³-hybridized carbons (Fsp3) is 0.217. The van der Waals surface area contributed by atoms with Gasteiger partial charge in [0.1, 0.15) is 5.52 Å². The molecule has 2 aromatic heterocycles. The first-order valence-corrected chi connectivity index (χ1v) is 10.7. The molecule has 0 N–H and O–H groups in total. The second-order valence-electron chi connectivity index (χ2n) is 7.71. The standard InChI is InChI=1S/C23H21ClN6O2/c1-27-15-25-19-20(26-30(21(19)23(27)32)17-7-3-2-4-8-17)22(31)29-12-10-28(11-13-29)18-9-5-6-16(24)14-18/h2-9,14-15H,10-13H2,1H3. The van der Waals surface area contributed by atoms with Gasteiger partial charge in [0, 0.05) is 43.9 Å². The summed E-state index contributed by atoms with van der Waals surface area (Å²) in [6.07, 6.45) is 1.43. The number of halogens is 1. The molecule has 0 spiro atoms. The molecule has 0 radical (unpaired) electrons. The molecule has 2 aromatic carbocycles. The number of hydrogen-bond acceptors (Lipinski definition) is 5. The first kappa shape index (κ1) is 20.3. The molecule has 1 amide bonds. The minimum Gasteiger partial charge on any atom is -0.368 e. The van der Waals surface area contributed by atoms with E-state index in [9.17, 15) is 9.59 Å². The van der Waals surface area contributed by atoms with Crippen LogP contribution in [0.25, 0.3) is 16.7 Å². The SMILES string of the molecule is Cn1cnc2c(C(=O)N3CCN(c4cccc(Cl)c4)CC3)nn(-c3ccccc3)c2c1=O. The van der Waals surface area contributed by atoms with Crippen molar-refractivity contribution in [1.29, 1.82) is 0 Å². The number of aryl methyl sites for hydroxylation is 1. The van der Waals surface area contributed by atoms with Crippen LogP contribution in [0.1, 0.15) is 10.5 Å². The van der Waals surface area contributed by atoms with Crippen LogP contribution in [-0.2, 0) is 7.05 Å². The molecule has 4 aromatic rings. The van der Waals surface area contributed by atoms with Gasteiger partial charge in [-0.15, -0.1) is 0 Å². The zero-order chi connectivity index (χ0) is 22.2. The average molecular weight is 449 g/mol. The number of fused-ring (bicyclic) bond motifs is 1. The Morgan fingerprint density at radius 3 is 2.41 bits per heavy atom. The van der Waals surface area contributed by atoms with Crippen LogP contribution >= 0.6 is 11.6 Å². The first-order valence-electron chi connectivity index (χ1n) is 10.3. The highest BCUT2D eigenvalue weighted by molar-refractivity contribution is 6.30. The molecule has 32 heavy (non-hydrogen) atoms. The Bertz CT molecular complexity index is 1360. The van der Waals surface area contributed by atoms with Crippen LogP contribution in [0.15, 0.2) is 65.7 Å². The molecule has 0 atom stereocenters. The summed E-state index contributed by atoms with van der Waals surface area (Å²) in [5.41, 5.74) is 2.29. The Hall–Kier alpha value is -3.65. The van der Waals surface area contributed by atoms with Crippen LogP contribution in [0.5, 0.6) is 0 Å². The molecule has 9 heteroatoms. The summed E-state index contributed by atoms with van der Waals surface area (Å²) >= 11 is 6.12. The van der Waals surface area contributed by atoms with E-state index in [4.69, 9.17) is 11.6 Å². The van der Waals surface area contributed by atoms with Crippen LogP contribution in [-0.4, -0.2) is 56.3 Å². The number of rotatable bonds is 3. The number of carbonyl (C=O) groups excluding carboxylic acids is 1. The summed E-state index contributed by atoms with van der Waals surface area (Å²) in [4.78, 5) is 34.6. The first-order chi connectivity index (χ1) is 15.5. The molecule has 162 valence electrons. The highest BCUT2D eigenvalue weighted by atomic mass is 35.5. The molecular weight excluding hydrogens is 428 g/mol. The van der Waals surface area contributed by atoms with Crippen LogP contribution < -0.4 is 10.5 Å². The molecule has 8 nitrogen and oxygen atoms in total. The molecule has 1 aliphatic rings. The second kappa shape index (κ2) is 8.12. The van der Waals surface area contributed by atoms with E-state index in [2.05, 4.69) is 15.0 Å². The Kier molecular flexibility index (Phi) is 5.14. The van der Waals surface area contributed by atoms with Gasteiger partial charge in [0.05, 0.1) is 12.0 Å². The van der Waals surface area contributed by atoms with Gasteiger partial charge in [-0.05, 0) is 30.3 Å². The lowest BCUT2D eigenvalue weighted by molar-refractivity contribution is 0.0742. The number of amides is 1. The fourth-order valence-corrected chi connectivity index (χ4v) is 4.16. The van der Waals surface area contributed by atoms with E-state index in [1.54, 1.807) is 11.9 Å². The average Bonchev–Trinajstić information content (AvgIpc) is 3.22. The number of benzene rings is 2. The Labute approximate surface area is 189 Å². The molecule has 0 saturated carbocycles. The summed E-state index contributed by atoms with van der Waals surface area (Å²) in [5.74, 6) is -0.226. The van der Waals surface area contributed by atoms with Gasteiger partial charge < -0.3 is 14.4 Å². The van der Waals surface area contributed by atoms with Gasteiger partial charge in [0.25, 0.3) is 11.5 Å². The number of piperazine rings is 1. The maximum Gasteiger partial charge on any atom is 0.279 e. The number of carbonyl (C=O) groups is 1. The smallest absolute Gasteiger partial charge is 0.279 e. The van der Waals surface area contributed by atoms with Crippen LogP contribution in [0.2, 0.25) is 5.02 Å². The lowest BCUT2D eigenvalue weighted by Gasteiger charge is -2.35. The lowest BCUT2D eigenvalue weighted by Crippen LogP contribution is -2.49. The second-order valence-corrected chi connectivity index (χ2v) is 8.15. The molecule has 1 fully saturated rings. The monoisotopic (exact) mass is 448 g/mol. The predicted octanol–water partition coefficient (Wildman–Crippen LogP) is 2.74. The maximum absolute atomic E-state index is 13.4. The molecule has 5 rings (SSSR count). The maximum atomic E-state index is 13.4. The van der Waals surface area contributed by atoms with Crippen molar-refractivity contribution in [2.24, 2.45) is 7.05 Å². The van der Waals surface area contributed by atoms with Crippen molar-refractivity contribution in [3.05, 3.63) is 82.0 Å². The number of anilines is 1. The number of nitrogens with zero attached hydrogens (tertiary/aromatic N) is 6. The highest BCUT2D eigenvalue weighted by Crippen LogP contribution is 2.23. The molecule has 0 bridgehead atoms. The molecule has 3 heterocycles. The molecule has 0 aliphatic carbocycles. The van der Waals surface area contributed by atoms with Crippen molar-refractivity contribution in [3.8, 4) is 5.69 Å². The van der Waals surface area contributed by atoms with Crippen LogP contribution in [0.4, 0.5) is 5.69 Å². The van der Waals surface area contributed by atoms with Crippen LogP contribution in [0, 0.1) is 0 Å². The minimum absolute atomic E-state index is 0.192. The molecule has 1 aliphatic heterocycles. The molecular formula is C23H21ClN6O2. The van der Waals surface area contributed by atoms with Gasteiger partial charge in [-0.25, -0.2) is 9.67 Å². The third-order valence-corrected chi connectivity index (χ3v) is 5.92. The Morgan fingerprint density at radius 2 is 1.69 bits per heavy atom. The zero-order valence-electron chi connectivity index (χ0n) is 17.5. The van der Waals surface area contributed by atoms with Crippen molar-refractivity contribution in [3.63, 3.8) is 0 Å². The lowest BCUT2D eigenvalue weighted by atomic mass is 10.2. The van der Waals surface area contributed by atoms with E-state index in [0.29, 0.717) is 47.9 Å². The third-order valence-electron chi connectivity index (χ3n) is 5.69. The quantitative estimate of drug-likeness (QED) is 0.481. The van der Waals surface area contributed by atoms with E-state index in [-0.39, 0.29) is 17.2 Å². The number of para-hydroxylation sites is 1. The summed E-state index contributed by atoms with van der Waals surface area (Å²) in [6.45, 7) is 2.43. The number of aromatic nitrogens is 4. The van der Waals surface area contributed by atoms with Gasteiger partial charge in [-0.3, -0.25) is 9.59 Å². The molecule has 1 saturated heterocycles. The van der Waals surface area contributed by atoms with Crippen molar-refractivity contribution < 1.29 is 4.79 Å². The van der Waals surface area contributed by atoms with Crippen molar-refractivity contribution >= 4 is 34.2 Å². The summed E-state index contributed by atoms with van der Waals surface area (Å²) in [5, 5.41) is 5.23. The van der Waals surface area contributed by atoms with Crippen molar-refractivity contribution in [1.82, 2.24) is 24.2 Å². The summed E-state index contributed by atoms with van der Waals surface area (Å²) < 4.78 is 2.90. The number of hydrogen-bond donors (Lipinski definition) is 0. The zero-order valence-corrected chi connectivity index (χ0v) is 18.2. The van der Waals surface area contributed by atoms with Crippen molar-refractivity contribution in [2.45, 2.75) is 0 Å². The van der Waals surface area contributed by atoms with E-state index in [1.807, 2.05) is 54.6 Å². The van der Waals surface area contributed by atoms with Gasteiger partial charge in [0.2, 0.25) is 0 Å².